The fraction of sp³-hybridized carbons (Fsp3) is 0.474. The molecule has 3 atom stereocenters. The average molecular weight is 340 g/mol. The Hall–Kier alpha value is -2.18. The summed E-state index contributed by atoms with van der Waals surface area (Å²) in [5.41, 5.74) is 1.92. The monoisotopic (exact) mass is 340 g/mol. The first kappa shape index (κ1) is 16.3. The molecule has 1 N–H and O–H groups in total. The zero-order chi connectivity index (χ0) is 17.2. The second-order valence-electron chi connectivity index (χ2n) is 6.91. The topological polar surface area (TPSA) is 59.4 Å². The van der Waals surface area contributed by atoms with E-state index in [0.717, 1.165) is 32.5 Å². The molecule has 0 spiro atoms. The highest BCUT2D eigenvalue weighted by Crippen LogP contribution is 2.30. The number of fused-ring (bicyclic) bond motifs is 1. The highest BCUT2D eigenvalue weighted by Gasteiger charge is 2.44. The van der Waals surface area contributed by atoms with E-state index in [1.165, 1.54) is 5.56 Å². The lowest BCUT2D eigenvalue weighted by atomic mass is 10.0. The zero-order valence-electron chi connectivity index (χ0n) is 14.5. The molecule has 25 heavy (non-hydrogen) atoms. The van der Waals surface area contributed by atoms with Crippen molar-refractivity contribution in [1.82, 2.24) is 19.8 Å². The molecule has 0 saturated carbocycles. The number of hydrogen-bond acceptors (Lipinski definition) is 4. The van der Waals surface area contributed by atoms with Crippen molar-refractivity contribution in [2.75, 3.05) is 13.2 Å². The molecule has 4 rings (SSSR count). The Morgan fingerprint density at radius 3 is 2.96 bits per heavy atom. The summed E-state index contributed by atoms with van der Waals surface area (Å²) in [5.74, 6) is -0.0313. The predicted molar refractivity (Wildman–Crippen MR) is 94.1 cm³/mol. The Kier molecular flexibility index (Phi) is 4.55. The number of ether oxygens (including phenoxy) is 1. The quantitative estimate of drug-likeness (QED) is 0.918. The number of aromatic nitrogens is 2. The van der Waals surface area contributed by atoms with Crippen LogP contribution in [0.1, 0.15) is 28.9 Å². The number of carbonyl (C=O) groups excluding carboxylic acids is 1. The number of nitrogens with one attached hydrogen (secondary N) is 1. The number of likely N-dealkylation sites (tertiary alicyclic amines) is 1. The molecule has 0 aliphatic carbocycles. The van der Waals surface area contributed by atoms with E-state index in [1.807, 2.05) is 42.3 Å². The normalized spacial score (nSPS) is 26.4. The van der Waals surface area contributed by atoms with Crippen molar-refractivity contribution in [1.29, 1.82) is 0 Å². The number of nitrogens with zero attached hydrogens (tertiary/aromatic N) is 3. The van der Waals surface area contributed by atoms with Crippen LogP contribution in [0, 0.1) is 0 Å². The van der Waals surface area contributed by atoms with Crippen LogP contribution >= 0.6 is 0 Å². The summed E-state index contributed by atoms with van der Waals surface area (Å²) < 4.78 is 7.90. The van der Waals surface area contributed by atoms with Crippen LogP contribution in [0.3, 0.4) is 0 Å². The van der Waals surface area contributed by atoms with E-state index >= 15 is 0 Å². The van der Waals surface area contributed by atoms with Crippen molar-refractivity contribution in [2.45, 2.75) is 37.6 Å². The molecule has 2 aromatic rings. The van der Waals surface area contributed by atoms with E-state index in [1.54, 1.807) is 0 Å². The molecule has 132 valence electrons. The first-order valence-electron chi connectivity index (χ1n) is 8.89. The number of amides is 1. The summed E-state index contributed by atoms with van der Waals surface area (Å²) >= 11 is 0. The minimum atomic E-state index is -0.0313. The molecule has 2 aliphatic rings. The van der Waals surface area contributed by atoms with Crippen molar-refractivity contribution in [3.8, 4) is 0 Å². The van der Waals surface area contributed by atoms with Gasteiger partial charge in [0.25, 0.3) is 5.91 Å². The van der Waals surface area contributed by atoms with Crippen LogP contribution in [0.15, 0.2) is 42.9 Å². The third-order valence-electron chi connectivity index (χ3n) is 5.26. The lowest BCUT2D eigenvalue weighted by Gasteiger charge is -2.32. The lowest BCUT2D eigenvalue weighted by Crippen LogP contribution is -2.47. The Balaban J connectivity index is 1.48. The predicted octanol–water partition coefficient (Wildman–Crippen LogP) is 1.58. The highest BCUT2D eigenvalue weighted by atomic mass is 16.5. The highest BCUT2D eigenvalue weighted by molar-refractivity contribution is 5.93. The van der Waals surface area contributed by atoms with Crippen molar-refractivity contribution in [2.24, 2.45) is 7.05 Å². The van der Waals surface area contributed by atoms with Gasteiger partial charge >= 0.3 is 0 Å². The van der Waals surface area contributed by atoms with Crippen LogP contribution in [0.4, 0.5) is 0 Å². The number of rotatable bonds is 4. The number of pyridine rings is 1. The van der Waals surface area contributed by atoms with E-state index in [0.29, 0.717) is 11.7 Å². The maximum absolute atomic E-state index is 12.6. The Bertz CT molecular complexity index is 730. The van der Waals surface area contributed by atoms with Crippen molar-refractivity contribution >= 4 is 5.91 Å². The molecule has 6 heteroatoms. The van der Waals surface area contributed by atoms with Gasteiger partial charge in [-0.3, -0.25) is 14.7 Å². The van der Waals surface area contributed by atoms with Crippen LogP contribution in [-0.2, 0) is 18.3 Å². The number of aryl methyl sites for hydroxylation is 1. The molecule has 1 amide bonds. The van der Waals surface area contributed by atoms with Gasteiger partial charge in [-0.1, -0.05) is 0 Å². The second-order valence-corrected chi connectivity index (χ2v) is 6.91. The van der Waals surface area contributed by atoms with E-state index in [2.05, 4.69) is 27.3 Å². The van der Waals surface area contributed by atoms with Crippen LogP contribution < -0.4 is 5.32 Å². The van der Waals surface area contributed by atoms with Gasteiger partial charge in [0.15, 0.2) is 0 Å². The van der Waals surface area contributed by atoms with Gasteiger partial charge in [0, 0.05) is 51.4 Å². The average Bonchev–Trinajstić information content (AvgIpc) is 3.21. The Morgan fingerprint density at radius 1 is 1.36 bits per heavy atom. The van der Waals surface area contributed by atoms with E-state index in [-0.39, 0.29) is 18.1 Å². The molecule has 0 bridgehead atoms. The van der Waals surface area contributed by atoms with Gasteiger partial charge in [0.1, 0.15) is 5.69 Å². The molecule has 6 nitrogen and oxygen atoms in total. The minimum Gasteiger partial charge on any atom is -0.374 e. The van der Waals surface area contributed by atoms with Gasteiger partial charge < -0.3 is 14.6 Å². The zero-order valence-corrected chi connectivity index (χ0v) is 14.5. The second kappa shape index (κ2) is 6.98. The number of hydrogen-bond donors (Lipinski definition) is 1. The van der Waals surface area contributed by atoms with Crippen LogP contribution in [0.2, 0.25) is 0 Å². The summed E-state index contributed by atoms with van der Waals surface area (Å²) in [4.78, 5) is 19.1. The molecule has 2 saturated heterocycles. The molecule has 0 radical (unpaired) electrons. The molecule has 2 aliphatic heterocycles. The van der Waals surface area contributed by atoms with Crippen LogP contribution in [0.5, 0.6) is 0 Å². The van der Waals surface area contributed by atoms with Gasteiger partial charge in [-0.2, -0.15) is 0 Å². The largest absolute Gasteiger partial charge is 0.374 e. The van der Waals surface area contributed by atoms with Gasteiger partial charge in [-0.15, -0.1) is 0 Å². The van der Waals surface area contributed by atoms with Crippen LogP contribution in [-0.4, -0.2) is 51.7 Å². The summed E-state index contributed by atoms with van der Waals surface area (Å²) in [5, 5.41) is 3.20. The minimum absolute atomic E-state index is 0.0227. The summed E-state index contributed by atoms with van der Waals surface area (Å²) in [7, 11) is 1.89. The summed E-state index contributed by atoms with van der Waals surface area (Å²) in [6, 6.07) is 8.22. The SMILES string of the molecule is Cn1cccc1C(=O)N[C@@H]1CN(Cc2ccncc2)[C@@H]2CCCO[C@@H]21. The molecule has 4 heterocycles. The summed E-state index contributed by atoms with van der Waals surface area (Å²) in [6.07, 6.45) is 7.81. The maximum atomic E-state index is 12.6. The van der Waals surface area contributed by atoms with E-state index in [4.69, 9.17) is 4.74 Å². The molecule has 0 unspecified atom stereocenters. The van der Waals surface area contributed by atoms with Crippen molar-refractivity contribution in [3.63, 3.8) is 0 Å². The Labute approximate surface area is 147 Å². The van der Waals surface area contributed by atoms with Gasteiger partial charge in [-0.25, -0.2) is 0 Å². The standard InChI is InChI=1S/C19H24N4O2/c1-22-10-2-4-17(22)19(24)21-15-13-23(12-14-6-8-20-9-7-14)16-5-3-11-25-18(15)16/h2,4,6-10,15-16,18H,3,5,11-13H2,1H3,(H,21,24)/t15-,16-,18-/m1/s1. The maximum Gasteiger partial charge on any atom is 0.268 e. The summed E-state index contributed by atoms with van der Waals surface area (Å²) in [6.45, 7) is 2.46. The third-order valence-corrected chi connectivity index (χ3v) is 5.26. The lowest BCUT2D eigenvalue weighted by molar-refractivity contribution is -0.0211. The molecule has 2 aromatic heterocycles. The fourth-order valence-electron chi connectivity index (χ4n) is 4.03. The van der Waals surface area contributed by atoms with Gasteiger partial charge in [0.2, 0.25) is 0 Å². The van der Waals surface area contributed by atoms with Gasteiger partial charge in [0.05, 0.1) is 12.1 Å². The molecular weight excluding hydrogens is 316 g/mol. The molecule has 2 fully saturated rings. The van der Waals surface area contributed by atoms with Crippen molar-refractivity contribution < 1.29 is 9.53 Å². The Morgan fingerprint density at radius 2 is 2.20 bits per heavy atom. The van der Waals surface area contributed by atoms with Crippen molar-refractivity contribution in [3.05, 3.63) is 54.1 Å². The van der Waals surface area contributed by atoms with Crippen LogP contribution in [0.25, 0.3) is 0 Å². The van der Waals surface area contributed by atoms with E-state index < -0.39 is 0 Å². The first-order valence-corrected chi connectivity index (χ1v) is 8.89. The first-order chi connectivity index (χ1) is 12.2. The van der Waals surface area contributed by atoms with Gasteiger partial charge in [-0.05, 0) is 42.7 Å². The smallest absolute Gasteiger partial charge is 0.268 e. The third kappa shape index (κ3) is 3.32. The molecular formula is C19H24N4O2. The number of carbonyl (C=O) groups is 1. The fourth-order valence-corrected chi connectivity index (χ4v) is 4.03. The molecule has 0 aromatic carbocycles. The van der Waals surface area contributed by atoms with E-state index in [9.17, 15) is 4.79 Å².